The number of pyridine rings is 1. The molecular formula is C28H37N5O. The number of hydrogen-bond donors (Lipinski definition) is 3. The van der Waals surface area contributed by atoms with E-state index in [-0.39, 0.29) is 5.92 Å². The zero-order valence-corrected chi connectivity index (χ0v) is 20.8. The molecule has 0 saturated carbocycles. The first-order valence-corrected chi connectivity index (χ1v) is 12.3. The average Bonchev–Trinajstić information content (AvgIpc) is 3.13. The summed E-state index contributed by atoms with van der Waals surface area (Å²) in [6.07, 6.45) is 3.78. The molecule has 0 bridgehead atoms. The maximum atomic E-state index is 10.7. The fourth-order valence-electron chi connectivity index (χ4n) is 4.87. The smallest absolute Gasteiger partial charge is 0.152 e. The van der Waals surface area contributed by atoms with Crippen LogP contribution < -0.4 is 11.5 Å². The second kappa shape index (κ2) is 9.72. The third kappa shape index (κ3) is 5.08. The highest BCUT2D eigenvalue weighted by Crippen LogP contribution is 2.34. The zero-order valence-electron chi connectivity index (χ0n) is 20.8. The van der Waals surface area contributed by atoms with Crippen LogP contribution >= 0.6 is 0 Å². The molecule has 5 N–H and O–H groups in total. The summed E-state index contributed by atoms with van der Waals surface area (Å²) in [5.41, 5.74) is 17.5. The highest BCUT2D eigenvalue weighted by Gasteiger charge is 2.24. The van der Waals surface area contributed by atoms with Gasteiger partial charge in [0.15, 0.2) is 5.82 Å². The maximum Gasteiger partial charge on any atom is 0.152 e. The lowest BCUT2D eigenvalue weighted by atomic mass is 10.00. The highest BCUT2D eigenvalue weighted by atomic mass is 16.3. The van der Waals surface area contributed by atoms with Gasteiger partial charge in [0.25, 0.3) is 0 Å². The normalized spacial score (nSPS) is 13.1. The Morgan fingerprint density at radius 2 is 1.79 bits per heavy atom. The highest BCUT2D eigenvalue weighted by molar-refractivity contribution is 6.06. The van der Waals surface area contributed by atoms with Crippen molar-refractivity contribution in [2.75, 3.05) is 12.3 Å². The van der Waals surface area contributed by atoms with E-state index in [0.29, 0.717) is 18.9 Å². The number of aromatic nitrogens is 3. The minimum atomic E-state index is -0.882. The predicted molar refractivity (Wildman–Crippen MR) is 141 cm³/mol. The van der Waals surface area contributed by atoms with Gasteiger partial charge in [-0.2, -0.15) is 0 Å². The first kappa shape index (κ1) is 24.2. The number of nitrogen functional groups attached to an aromatic ring is 1. The first-order valence-electron chi connectivity index (χ1n) is 12.3. The van der Waals surface area contributed by atoms with Crippen molar-refractivity contribution in [3.8, 4) is 0 Å². The Kier molecular flexibility index (Phi) is 6.91. The van der Waals surface area contributed by atoms with Gasteiger partial charge in [-0.15, -0.1) is 0 Å². The van der Waals surface area contributed by atoms with Crippen LogP contribution in [0, 0.1) is 0 Å². The molecule has 4 aromatic rings. The standard InChI is InChI=1S/C28H37N5O/c1-5-7-18(2)27-32-24-25(33(27)17-28(3,4)34)22-11-10-21(16-23(22)31-26(24)30)15-20-9-6-8-19(14-20)12-13-29/h6,8-11,14,16,18,34H,5,7,12-13,15,17,29H2,1-4H3,(H2,30,31). The molecule has 180 valence electrons. The molecule has 0 aliphatic heterocycles. The molecule has 2 aromatic carbocycles. The summed E-state index contributed by atoms with van der Waals surface area (Å²) in [6, 6.07) is 15.0. The number of hydrogen-bond acceptors (Lipinski definition) is 5. The van der Waals surface area contributed by atoms with Crippen LogP contribution in [0.4, 0.5) is 5.82 Å². The van der Waals surface area contributed by atoms with Crippen LogP contribution in [0.1, 0.15) is 69.0 Å². The van der Waals surface area contributed by atoms with Gasteiger partial charge in [-0.25, -0.2) is 9.97 Å². The van der Waals surface area contributed by atoms with Crippen molar-refractivity contribution in [1.29, 1.82) is 0 Å². The van der Waals surface area contributed by atoms with E-state index in [2.05, 4.69) is 60.9 Å². The summed E-state index contributed by atoms with van der Waals surface area (Å²) in [5.74, 6) is 1.65. The van der Waals surface area contributed by atoms with Gasteiger partial charge in [0.2, 0.25) is 0 Å². The number of nitrogens with two attached hydrogens (primary N) is 2. The lowest BCUT2D eigenvalue weighted by Gasteiger charge is -2.22. The van der Waals surface area contributed by atoms with E-state index in [1.54, 1.807) is 0 Å². The Bertz CT molecular complexity index is 1300. The van der Waals surface area contributed by atoms with Gasteiger partial charge in [-0.3, -0.25) is 0 Å². The number of nitrogens with zero attached hydrogens (tertiary/aromatic N) is 3. The second-order valence-electron chi connectivity index (χ2n) is 10.1. The molecule has 0 radical (unpaired) electrons. The predicted octanol–water partition coefficient (Wildman–Crippen LogP) is 4.93. The average molecular weight is 460 g/mol. The van der Waals surface area contributed by atoms with Crippen molar-refractivity contribution < 1.29 is 5.11 Å². The van der Waals surface area contributed by atoms with Crippen LogP contribution in [-0.4, -0.2) is 31.8 Å². The largest absolute Gasteiger partial charge is 0.389 e. The molecule has 0 saturated heterocycles. The molecule has 0 spiro atoms. The molecule has 6 nitrogen and oxygen atoms in total. The van der Waals surface area contributed by atoms with Crippen LogP contribution in [0.15, 0.2) is 42.5 Å². The molecule has 0 fully saturated rings. The number of rotatable bonds is 9. The lowest BCUT2D eigenvalue weighted by Crippen LogP contribution is -2.27. The van der Waals surface area contributed by atoms with E-state index < -0.39 is 5.60 Å². The molecule has 0 amide bonds. The van der Waals surface area contributed by atoms with E-state index >= 15 is 0 Å². The van der Waals surface area contributed by atoms with E-state index in [1.165, 1.54) is 16.7 Å². The monoisotopic (exact) mass is 459 g/mol. The Balaban J connectivity index is 1.83. The summed E-state index contributed by atoms with van der Waals surface area (Å²) < 4.78 is 2.16. The topological polar surface area (TPSA) is 103 Å². The molecule has 1 unspecified atom stereocenters. The van der Waals surface area contributed by atoms with Crippen LogP contribution in [0.5, 0.6) is 0 Å². The molecular weight excluding hydrogens is 422 g/mol. The summed E-state index contributed by atoms with van der Waals surface area (Å²) in [5, 5.41) is 11.7. The van der Waals surface area contributed by atoms with Gasteiger partial charge < -0.3 is 21.1 Å². The first-order chi connectivity index (χ1) is 16.2. The molecule has 0 aliphatic carbocycles. The molecule has 2 aromatic heterocycles. The minimum Gasteiger partial charge on any atom is -0.389 e. The maximum absolute atomic E-state index is 10.7. The minimum absolute atomic E-state index is 0.259. The zero-order chi connectivity index (χ0) is 24.5. The Hall–Kier alpha value is -2.96. The van der Waals surface area contributed by atoms with E-state index in [4.69, 9.17) is 21.4 Å². The van der Waals surface area contributed by atoms with Gasteiger partial charge in [0.05, 0.1) is 23.2 Å². The third-order valence-corrected chi connectivity index (χ3v) is 6.34. The van der Waals surface area contributed by atoms with Gasteiger partial charge >= 0.3 is 0 Å². The van der Waals surface area contributed by atoms with Crippen molar-refractivity contribution in [2.24, 2.45) is 5.73 Å². The van der Waals surface area contributed by atoms with E-state index in [0.717, 1.165) is 53.4 Å². The third-order valence-electron chi connectivity index (χ3n) is 6.34. The van der Waals surface area contributed by atoms with Crippen molar-refractivity contribution in [3.05, 3.63) is 65.0 Å². The van der Waals surface area contributed by atoms with Gasteiger partial charge in [0.1, 0.15) is 11.3 Å². The fraction of sp³-hybridized carbons (Fsp3) is 0.429. The van der Waals surface area contributed by atoms with Crippen molar-refractivity contribution in [3.63, 3.8) is 0 Å². The number of benzene rings is 2. The summed E-state index contributed by atoms with van der Waals surface area (Å²) in [4.78, 5) is 9.67. The Morgan fingerprint density at radius 3 is 2.50 bits per heavy atom. The number of fused-ring (bicyclic) bond motifs is 3. The van der Waals surface area contributed by atoms with Crippen LogP contribution in [0.3, 0.4) is 0 Å². The summed E-state index contributed by atoms with van der Waals surface area (Å²) >= 11 is 0. The van der Waals surface area contributed by atoms with Crippen LogP contribution in [0.2, 0.25) is 0 Å². The van der Waals surface area contributed by atoms with E-state index in [9.17, 15) is 5.11 Å². The van der Waals surface area contributed by atoms with Gasteiger partial charge in [-0.1, -0.05) is 56.7 Å². The molecule has 0 aliphatic rings. The summed E-state index contributed by atoms with van der Waals surface area (Å²) in [7, 11) is 0. The SMILES string of the molecule is CCCC(C)c1nc2c(N)nc3cc(Cc4cccc(CCN)c4)ccc3c2n1CC(C)(C)O. The van der Waals surface area contributed by atoms with Gasteiger partial charge in [0, 0.05) is 11.3 Å². The Labute approximate surface area is 202 Å². The lowest BCUT2D eigenvalue weighted by molar-refractivity contribution is 0.0615. The molecule has 1 atom stereocenters. The van der Waals surface area contributed by atoms with Crippen molar-refractivity contribution in [2.45, 2.75) is 71.4 Å². The molecule has 6 heteroatoms. The Morgan fingerprint density at radius 1 is 1.06 bits per heavy atom. The molecule has 2 heterocycles. The molecule has 34 heavy (non-hydrogen) atoms. The number of imidazole rings is 1. The quantitative estimate of drug-likeness (QED) is 0.329. The summed E-state index contributed by atoms with van der Waals surface area (Å²) in [6.45, 7) is 9.12. The molecule has 4 rings (SSSR count). The fourth-order valence-corrected chi connectivity index (χ4v) is 4.87. The van der Waals surface area contributed by atoms with Crippen LogP contribution in [0.25, 0.3) is 21.9 Å². The number of aliphatic hydroxyl groups is 1. The number of anilines is 1. The van der Waals surface area contributed by atoms with Gasteiger partial charge in [-0.05, 0) is 62.4 Å². The second-order valence-corrected chi connectivity index (χ2v) is 10.1. The van der Waals surface area contributed by atoms with E-state index in [1.807, 2.05) is 13.8 Å². The van der Waals surface area contributed by atoms with Crippen molar-refractivity contribution in [1.82, 2.24) is 14.5 Å². The van der Waals surface area contributed by atoms with Crippen molar-refractivity contribution >= 4 is 27.8 Å². The van der Waals surface area contributed by atoms with Crippen LogP contribution in [-0.2, 0) is 19.4 Å².